The van der Waals surface area contributed by atoms with Gasteiger partial charge in [0.15, 0.2) is 17.1 Å². The van der Waals surface area contributed by atoms with Gasteiger partial charge in [0.25, 0.3) is 0 Å². The van der Waals surface area contributed by atoms with Crippen molar-refractivity contribution in [1.82, 2.24) is 28.7 Å². The fraction of sp³-hybridized carbons (Fsp3) is 0.250. The second kappa shape index (κ2) is 5.45. The second-order valence-corrected chi connectivity index (χ2v) is 6.09. The van der Waals surface area contributed by atoms with Gasteiger partial charge < -0.3 is 4.57 Å². The summed E-state index contributed by atoms with van der Waals surface area (Å²) >= 11 is 5.95. The summed E-state index contributed by atoms with van der Waals surface area (Å²) in [5, 5.41) is 9.12. The number of imidazole rings is 1. The van der Waals surface area contributed by atoms with Crippen molar-refractivity contribution in [1.29, 1.82) is 0 Å². The van der Waals surface area contributed by atoms with E-state index in [0.717, 1.165) is 17.5 Å². The summed E-state index contributed by atoms with van der Waals surface area (Å²) in [5.41, 5.74) is 2.52. The lowest BCUT2D eigenvalue weighted by atomic mass is 10.2. The molecule has 8 heteroatoms. The van der Waals surface area contributed by atoms with Crippen LogP contribution in [0.3, 0.4) is 0 Å². The third-order valence-corrected chi connectivity index (χ3v) is 4.27. The van der Waals surface area contributed by atoms with E-state index < -0.39 is 0 Å². The zero-order valence-electron chi connectivity index (χ0n) is 13.3. The second-order valence-electron chi connectivity index (χ2n) is 5.65. The average molecular weight is 343 g/mol. The van der Waals surface area contributed by atoms with Gasteiger partial charge in [-0.15, -0.1) is 10.2 Å². The van der Waals surface area contributed by atoms with Gasteiger partial charge in [0.2, 0.25) is 0 Å². The molecule has 1 aromatic carbocycles. The molecule has 4 rings (SSSR count). The fourth-order valence-corrected chi connectivity index (χ4v) is 3.04. The highest BCUT2D eigenvalue weighted by molar-refractivity contribution is 6.30. The van der Waals surface area contributed by atoms with Gasteiger partial charge in [0.1, 0.15) is 5.52 Å². The summed E-state index contributed by atoms with van der Waals surface area (Å²) in [7, 11) is 1.88. The fourth-order valence-electron chi connectivity index (χ4n) is 2.91. The first-order valence-electron chi connectivity index (χ1n) is 7.66. The molecule has 0 aliphatic carbocycles. The lowest BCUT2D eigenvalue weighted by molar-refractivity contribution is 0.648. The predicted octanol–water partition coefficient (Wildman–Crippen LogP) is 2.51. The highest BCUT2D eigenvalue weighted by Gasteiger charge is 2.19. The molecular formula is C16H15ClN6O. The van der Waals surface area contributed by atoms with E-state index in [1.807, 2.05) is 30.7 Å². The molecule has 0 amide bonds. The molecule has 0 aliphatic heterocycles. The number of aromatic nitrogens is 6. The van der Waals surface area contributed by atoms with E-state index in [2.05, 4.69) is 15.2 Å². The van der Waals surface area contributed by atoms with Crippen molar-refractivity contribution in [3.05, 3.63) is 46.1 Å². The van der Waals surface area contributed by atoms with Crippen LogP contribution in [0.25, 0.3) is 28.2 Å². The van der Waals surface area contributed by atoms with Crippen LogP contribution >= 0.6 is 11.6 Å². The first-order valence-corrected chi connectivity index (χ1v) is 8.04. The summed E-state index contributed by atoms with van der Waals surface area (Å²) in [6.07, 6.45) is 2.52. The maximum atomic E-state index is 13.0. The van der Waals surface area contributed by atoms with Crippen LogP contribution in [0, 0.1) is 0 Å². The van der Waals surface area contributed by atoms with Crippen LogP contribution in [0.2, 0.25) is 5.02 Å². The highest BCUT2D eigenvalue weighted by Crippen LogP contribution is 2.23. The molecule has 3 heterocycles. The van der Waals surface area contributed by atoms with E-state index in [9.17, 15) is 4.79 Å². The van der Waals surface area contributed by atoms with E-state index in [0.29, 0.717) is 28.7 Å². The van der Waals surface area contributed by atoms with Crippen LogP contribution in [0.15, 0.2) is 35.4 Å². The minimum absolute atomic E-state index is 0.187. The predicted molar refractivity (Wildman–Crippen MR) is 92.3 cm³/mol. The van der Waals surface area contributed by atoms with Crippen molar-refractivity contribution in [3.63, 3.8) is 0 Å². The van der Waals surface area contributed by atoms with Gasteiger partial charge in [-0.1, -0.05) is 18.5 Å². The summed E-state index contributed by atoms with van der Waals surface area (Å²) in [5.74, 6) is 0.500. The highest BCUT2D eigenvalue weighted by atomic mass is 35.5. The molecule has 0 aliphatic rings. The number of benzene rings is 1. The van der Waals surface area contributed by atoms with Crippen molar-refractivity contribution in [2.45, 2.75) is 19.9 Å². The zero-order valence-corrected chi connectivity index (χ0v) is 14.0. The van der Waals surface area contributed by atoms with E-state index in [1.165, 1.54) is 0 Å². The number of halogens is 1. The molecule has 0 atom stereocenters. The van der Waals surface area contributed by atoms with Crippen molar-refractivity contribution in [2.75, 3.05) is 0 Å². The Morgan fingerprint density at radius 1 is 1.12 bits per heavy atom. The molecule has 3 aromatic heterocycles. The van der Waals surface area contributed by atoms with Gasteiger partial charge >= 0.3 is 5.69 Å². The minimum Gasteiger partial charge on any atom is -0.329 e. The van der Waals surface area contributed by atoms with Crippen LogP contribution < -0.4 is 5.69 Å². The van der Waals surface area contributed by atoms with Crippen LogP contribution in [0.4, 0.5) is 0 Å². The molecule has 0 fully saturated rings. The summed E-state index contributed by atoms with van der Waals surface area (Å²) in [6.45, 7) is 2.61. The Balaban J connectivity index is 2.13. The molecule has 0 saturated heterocycles. The van der Waals surface area contributed by atoms with Crippen LogP contribution in [0.5, 0.6) is 0 Å². The Labute approximate surface area is 142 Å². The van der Waals surface area contributed by atoms with E-state index in [1.54, 1.807) is 27.4 Å². The summed E-state index contributed by atoms with van der Waals surface area (Å²) < 4.78 is 5.07. The quantitative estimate of drug-likeness (QED) is 0.573. The van der Waals surface area contributed by atoms with Crippen molar-refractivity contribution in [2.24, 2.45) is 7.05 Å². The lowest BCUT2D eigenvalue weighted by Gasteiger charge is -2.08. The van der Waals surface area contributed by atoms with E-state index in [-0.39, 0.29) is 5.69 Å². The monoisotopic (exact) mass is 342 g/mol. The third kappa shape index (κ3) is 2.05. The van der Waals surface area contributed by atoms with E-state index >= 15 is 0 Å². The molecule has 122 valence electrons. The normalized spacial score (nSPS) is 11.6. The average Bonchev–Trinajstić information content (AvgIpc) is 3.16. The first kappa shape index (κ1) is 14.9. The van der Waals surface area contributed by atoms with Gasteiger partial charge in [0, 0.05) is 24.2 Å². The maximum Gasteiger partial charge on any atom is 0.337 e. The van der Waals surface area contributed by atoms with Crippen LogP contribution in [0.1, 0.15) is 13.3 Å². The smallest absolute Gasteiger partial charge is 0.329 e. The Hall–Kier alpha value is -2.67. The van der Waals surface area contributed by atoms with Crippen molar-refractivity contribution >= 4 is 28.4 Å². The Morgan fingerprint density at radius 2 is 1.88 bits per heavy atom. The Morgan fingerprint density at radius 3 is 2.58 bits per heavy atom. The molecule has 4 aromatic rings. The number of fused-ring (bicyclic) bond motifs is 3. The topological polar surface area (TPSA) is 70.0 Å². The number of hydrogen-bond acceptors (Lipinski definition) is 4. The maximum absolute atomic E-state index is 13.0. The standard InChI is InChI=1S/C16H15ClN6O/c1-3-8-22-14-12(21(2)9-18-14)15-20-19-13(23(15)16(22)24)10-4-6-11(17)7-5-10/h4-7,9H,3,8H2,1-2H3. The lowest BCUT2D eigenvalue weighted by Crippen LogP contribution is -2.28. The SMILES string of the molecule is CCCn1c(=O)n2c(-c3ccc(Cl)cc3)nnc2c2c1ncn2C. The van der Waals surface area contributed by atoms with Crippen LogP contribution in [-0.2, 0) is 13.6 Å². The van der Waals surface area contributed by atoms with Crippen molar-refractivity contribution < 1.29 is 0 Å². The van der Waals surface area contributed by atoms with Gasteiger partial charge in [0.05, 0.1) is 6.33 Å². The first-order chi connectivity index (χ1) is 11.6. The van der Waals surface area contributed by atoms with E-state index in [4.69, 9.17) is 11.6 Å². The summed E-state index contributed by atoms with van der Waals surface area (Å²) in [6, 6.07) is 7.20. The molecule has 24 heavy (non-hydrogen) atoms. The van der Waals surface area contributed by atoms with Crippen LogP contribution in [-0.4, -0.2) is 28.7 Å². The molecule has 0 spiro atoms. The van der Waals surface area contributed by atoms with Crippen molar-refractivity contribution in [3.8, 4) is 11.4 Å². The van der Waals surface area contributed by atoms with Gasteiger partial charge in [-0.3, -0.25) is 4.57 Å². The Bertz CT molecular complexity index is 1110. The molecule has 0 unspecified atom stereocenters. The van der Waals surface area contributed by atoms with Gasteiger partial charge in [-0.2, -0.15) is 0 Å². The number of hydrogen-bond donors (Lipinski definition) is 0. The summed E-state index contributed by atoms with van der Waals surface area (Å²) in [4.78, 5) is 17.4. The molecule has 0 saturated carbocycles. The molecule has 7 nitrogen and oxygen atoms in total. The largest absolute Gasteiger partial charge is 0.337 e. The Kier molecular flexibility index (Phi) is 3.38. The number of nitrogens with zero attached hydrogens (tertiary/aromatic N) is 6. The molecule has 0 radical (unpaired) electrons. The number of rotatable bonds is 3. The third-order valence-electron chi connectivity index (χ3n) is 4.02. The molecular weight excluding hydrogens is 328 g/mol. The minimum atomic E-state index is -0.187. The van der Waals surface area contributed by atoms with Gasteiger partial charge in [-0.25, -0.2) is 14.2 Å². The zero-order chi connectivity index (χ0) is 16.8. The molecule has 0 bridgehead atoms. The molecule has 0 N–H and O–H groups in total. The number of aryl methyl sites for hydroxylation is 2. The van der Waals surface area contributed by atoms with Gasteiger partial charge in [-0.05, 0) is 30.7 Å².